The van der Waals surface area contributed by atoms with E-state index in [1.807, 2.05) is 0 Å². The second kappa shape index (κ2) is 5.55. The quantitative estimate of drug-likeness (QED) is 0.872. The fourth-order valence-electron chi connectivity index (χ4n) is 2.41. The van der Waals surface area contributed by atoms with E-state index < -0.39 is 0 Å². The summed E-state index contributed by atoms with van der Waals surface area (Å²) in [6.45, 7) is 6.48. The van der Waals surface area contributed by atoms with Gasteiger partial charge in [-0.25, -0.2) is 0 Å². The Balaban J connectivity index is 2.27. The predicted molar refractivity (Wildman–Crippen MR) is 83.3 cm³/mol. The summed E-state index contributed by atoms with van der Waals surface area (Å²) in [6.07, 6.45) is 0.900. The molecule has 1 nitrogen and oxygen atoms in total. The van der Waals surface area contributed by atoms with Crippen LogP contribution in [0.15, 0.2) is 28.1 Å². The van der Waals surface area contributed by atoms with Crippen LogP contribution in [0.25, 0.3) is 0 Å². The van der Waals surface area contributed by atoms with Crippen LogP contribution in [0.4, 0.5) is 0 Å². The molecule has 0 spiro atoms. The summed E-state index contributed by atoms with van der Waals surface area (Å²) >= 11 is 5.28. The Morgan fingerprint density at radius 3 is 2.33 bits per heavy atom. The summed E-state index contributed by atoms with van der Waals surface area (Å²) in [5.74, 6) is 0. The summed E-state index contributed by atoms with van der Waals surface area (Å²) < 4.78 is 1.13. The highest BCUT2D eigenvalue weighted by Crippen LogP contribution is 2.31. The molecule has 3 heteroatoms. The van der Waals surface area contributed by atoms with Crippen molar-refractivity contribution in [2.45, 2.75) is 33.2 Å². The molecule has 0 bridgehead atoms. The van der Waals surface area contributed by atoms with E-state index in [1.54, 1.807) is 11.3 Å². The fourth-order valence-corrected chi connectivity index (χ4v) is 4.09. The van der Waals surface area contributed by atoms with Crippen molar-refractivity contribution in [2.24, 2.45) is 5.73 Å². The molecule has 2 N–H and O–H groups in total. The second-order valence-corrected chi connectivity index (χ2v) is 6.62. The zero-order chi connectivity index (χ0) is 13.3. The van der Waals surface area contributed by atoms with Gasteiger partial charge < -0.3 is 5.73 Å². The van der Waals surface area contributed by atoms with Crippen LogP contribution < -0.4 is 5.73 Å². The lowest BCUT2D eigenvalue weighted by atomic mass is 9.94. The number of hydrogen-bond donors (Lipinski definition) is 1. The average Bonchev–Trinajstić information content (AvgIpc) is 2.69. The maximum absolute atomic E-state index is 6.33. The van der Waals surface area contributed by atoms with Gasteiger partial charge in [0.05, 0.1) is 0 Å². The predicted octanol–water partition coefficient (Wildman–Crippen LogP) is 4.68. The first-order valence-electron chi connectivity index (χ1n) is 6.04. The summed E-state index contributed by atoms with van der Waals surface area (Å²) in [5, 5.41) is 2.08. The zero-order valence-corrected chi connectivity index (χ0v) is 13.4. The van der Waals surface area contributed by atoms with Crippen molar-refractivity contribution in [3.05, 3.63) is 55.2 Å². The van der Waals surface area contributed by atoms with Gasteiger partial charge in [-0.2, -0.15) is 0 Å². The van der Waals surface area contributed by atoms with E-state index in [4.69, 9.17) is 5.73 Å². The van der Waals surface area contributed by atoms with Crippen LogP contribution in [0.2, 0.25) is 0 Å². The zero-order valence-electron chi connectivity index (χ0n) is 11.0. The Kier molecular flexibility index (Phi) is 4.25. The number of hydrogen-bond acceptors (Lipinski definition) is 2. The van der Waals surface area contributed by atoms with Crippen LogP contribution in [0, 0.1) is 20.8 Å². The van der Waals surface area contributed by atoms with Crippen LogP contribution in [-0.4, -0.2) is 0 Å². The number of thiophene rings is 1. The van der Waals surface area contributed by atoms with E-state index in [9.17, 15) is 0 Å². The Morgan fingerprint density at radius 1 is 1.22 bits per heavy atom. The van der Waals surface area contributed by atoms with Gasteiger partial charge in [0.25, 0.3) is 0 Å². The molecule has 0 radical (unpaired) electrons. The Hall–Kier alpha value is -0.640. The topological polar surface area (TPSA) is 26.0 Å². The Bertz CT molecular complexity index is 536. The summed E-state index contributed by atoms with van der Waals surface area (Å²) in [6, 6.07) is 6.60. The Labute approximate surface area is 121 Å². The maximum atomic E-state index is 6.33. The number of rotatable bonds is 3. The van der Waals surface area contributed by atoms with E-state index in [1.165, 1.54) is 27.1 Å². The maximum Gasteiger partial charge on any atom is 0.0442 e. The molecule has 0 saturated carbocycles. The first-order valence-corrected chi connectivity index (χ1v) is 7.71. The second-order valence-electron chi connectivity index (χ2n) is 4.82. The molecule has 2 rings (SSSR count). The van der Waals surface area contributed by atoms with Crippen molar-refractivity contribution in [2.75, 3.05) is 0 Å². The lowest BCUT2D eigenvalue weighted by Gasteiger charge is -2.16. The van der Waals surface area contributed by atoms with Crippen molar-refractivity contribution in [3.63, 3.8) is 0 Å². The lowest BCUT2D eigenvalue weighted by Crippen LogP contribution is -2.14. The molecule has 0 amide bonds. The first-order chi connectivity index (χ1) is 8.49. The first kappa shape index (κ1) is 13.8. The van der Waals surface area contributed by atoms with Crippen molar-refractivity contribution >= 4 is 27.3 Å². The molecule has 0 aliphatic heterocycles. The minimum Gasteiger partial charge on any atom is -0.323 e. The fraction of sp³-hybridized carbons (Fsp3) is 0.333. The molecule has 0 aliphatic carbocycles. The van der Waals surface area contributed by atoms with Gasteiger partial charge in [-0.05, 0) is 71.3 Å². The van der Waals surface area contributed by atoms with Gasteiger partial charge in [-0.15, -0.1) is 11.3 Å². The number of benzene rings is 1. The Morgan fingerprint density at radius 2 is 1.83 bits per heavy atom. The third kappa shape index (κ3) is 2.85. The van der Waals surface area contributed by atoms with Gasteiger partial charge >= 0.3 is 0 Å². The molecule has 1 unspecified atom stereocenters. The molecule has 0 fully saturated rings. The van der Waals surface area contributed by atoms with E-state index in [0.717, 1.165) is 10.9 Å². The smallest absolute Gasteiger partial charge is 0.0442 e. The minimum atomic E-state index is 0.0690. The van der Waals surface area contributed by atoms with Gasteiger partial charge in [0.1, 0.15) is 0 Å². The number of halogens is 1. The van der Waals surface area contributed by atoms with Crippen LogP contribution in [0.1, 0.15) is 33.2 Å². The van der Waals surface area contributed by atoms with Crippen molar-refractivity contribution < 1.29 is 0 Å². The molecule has 0 saturated heterocycles. The van der Waals surface area contributed by atoms with Gasteiger partial charge in [0.15, 0.2) is 0 Å². The van der Waals surface area contributed by atoms with E-state index in [-0.39, 0.29) is 6.04 Å². The van der Waals surface area contributed by atoms with Gasteiger partial charge in [-0.1, -0.05) is 17.7 Å². The van der Waals surface area contributed by atoms with Crippen LogP contribution >= 0.6 is 27.3 Å². The molecule has 96 valence electrons. The van der Waals surface area contributed by atoms with Crippen LogP contribution in [-0.2, 0) is 6.42 Å². The summed E-state index contributed by atoms with van der Waals surface area (Å²) in [5.41, 5.74) is 11.7. The van der Waals surface area contributed by atoms with Crippen molar-refractivity contribution in [3.8, 4) is 0 Å². The van der Waals surface area contributed by atoms with Crippen LogP contribution in [0.5, 0.6) is 0 Å². The summed E-state index contributed by atoms with van der Waals surface area (Å²) in [4.78, 5) is 1.23. The van der Waals surface area contributed by atoms with Crippen molar-refractivity contribution in [1.82, 2.24) is 0 Å². The largest absolute Gasteiger partial charge is 0.323 e. The van der Waals surface area contributed by atoms with Crippen LogP contribution in [0.3, 0.4) is 0 Å². The number of nitrogens with two attached hydrogens (primary N) is 1. The highest BCUT2D eigenvalue weighted by atomic mass is 79.9. The number of aryl methyl sites for hydroxylation is 3. The summed E-state index contributed by atoms with van der Waals surface area (Å²) in [7, 11) is 0. The molecule has 1 atom stereocenters. The van der Waals surface area contributed by atoms with Gasteiger partial charge in [0.2, 0.25) is 0 Å². The highest BCUT2D eigenvalue weighted by molar-refractivity contribution is 9.10. The molecule has 1 aromatic heterocycles. The molecule has 2 aromatic rings. The van der Waals surface area contributed by atoms with E-state index in [0.29, 0.717) is 0 Å². The van der Waals surface area contributed by atoms with E-state index in [2.05, 4.69) is 60.3 Å². The molecule has 1 heterocycles. The third-order valence-electron chi connectivity index (χ3n) is 3.25. The molecule has 1 aromatic carbocycles. The highest BCUT2D eigenvalue weighted by Gasteiger charge is 2.14. The van der Waals surface area contributed by atoms with Gasteiger partial charge in [-0.3, -0.25) is 0 Å². The lowest BCUT2D eigenvalue weighted by molar-refractivity contribution is 0.726. The third-order valence-corrected chi connectivity index (χ3v) is 5.25. The van der Waals surface area contributed by atoms with Crippen molar-refractivity contribution in [1.29, 1.82) is 0 Å². The van der Waals surface area contributed by atoms with Gasteiger partial charge in [0, 0.05) is 15.4 Å². The SMILES string of the molecule is Cc1cc(C)c(CC(N)c2sccc2Br)c(C)c1. The normalized spacial score (nSPS) is 12.7. The molecular formula is C15H18BrNS. The van der Waals surface area contributed by atoms with E-state index >= 15 is 0 Å². The molecule has 18 heavy (non-hydrogen) atoms. The molecule has 0 aliphatic rings. The monoisotopic (exact) mass is 323 g/mol. The molecular weight excluding hydrogens is 306 g/mol. The average molecular weight is 324 g/mol. The minimum absolute atomic E-state index is 0.0690. The standard InChI is InChI=1S/C15H18BrNS/c1-9-6-10(2)12(11(3)7-9)8-14(17)15-13(16)4-5-18-15/h4-7,14H,8,17H2,1-3H3.